The zero-order valence-corrected chi connectivity index (χ0v) is 14.5. The van der Waals surface area contributed by atoms with E-state index in [1.54, 1.807) is 18.3 Å². The minimum atomic E-state index is -0.533. The molecule has 0 bridgehead atoms. The molecule has 2 aromatic rings. The molecule has 0 aliphatic heterocycles. The Morgan fingerprint density at radius 3 is 2.68 bits per heavy atom. The number of nitrogens with one attached hydrogen (secondary N) is 1. The molecule has 22 heavy (non-hydrogen) atoms. The van der Waals surface area contributed by atoms with Gasteiger partial charge in [-0.05, 0) is 51.8 Å². The van der Waals surface area contributed by atoms with E-state index in [0.29, 0.717) is 6.54 Å². The fourth-order valence-electron chi connectivity index (χ4n) is 2.14. The van der Waals surface area contributed by atoms with Crippen LogP contribution in [-0.4, -0.2) is 17.0 Å². The van der Waals surface area contributed by atoms with Gasteiger partial charge in [-0.15, -0.1) is 11.3 Å². The van der Waals surface area contributed by atoms with Crippen molar-refractivity contribution in [1.29, 1.82) is 0 Å². The van der Waals surface area contributed by atoms with Crippen LogP contribution in [0, 0.1) is 27.7 Å². The number of carbonyl (C=O) groups is 1. The van der Waals surface area contributed by atoms with Gasteiger partial charge in [0.15, 0.2) is 6.10 Å². The van der Waals surface area contributed by atoms with Gasteiger partial charge in [-0.3, -0.25) is 4.79 Å². The largest absolute Gasteiger partial charge is 0.481 e. The van der Waals surface area contributed by atoms with Crippen LogP contribution in [0.25, 0.3) is 0 Å². The van der Waals surface area contributed by atoms with Crippen LogP contribution in [0.1, 0.15) is 33.6 Å². The molecule has 1 heterocycles. The monoisotopic (exact) mass is 318 g/mol. The molecule has 4 nitrogen and oxygen atoms in total. The van der Waals surface area contributed by atoms with E-state index in [9.17, 15) is 4.79 Å². The van der Waals surface area contributed by atoms with Crippen LogP contribution in [0.15, 0.2) is 18.2 Å². The fourth-order valence-corrected chi connectivity index (χ4v) is 3.02. The van der Waals surface area contributed by atoms with Crippen LogP contribution in [0.4, 0.5) is 0 Å². The van der Waals surface area contributed by atoms with Crippen molar-refractivity contribution in [2.24, 2.45) is 0 Å². The van der Waals surface area contributed by atoms with E-state index >= 15 is 0 Å². The Morgan fingerprint density at radius 2 is 2.05 bits per heavy atom. The number of nitrogens with zero attached hydrogens (tertiary/aromatic N) is 1. The first-order valence-electron chi connectivity index (χ1n) is 7.32. The van der Waals surface area contributed by atoms with Gasteiger partial charge in [0.2, 0.25) is 0 Å². The van der Waals surface area contributed by atoms with Crippen LogP contribution in [0.2, 0.25) is 0 Å². The highest BCUT2D eigenvalue weighted by atomic mass is 32.1. The molecule has 0 saturated carbocycles. The Morgan fingerprint density at radius 1 is 1.32 bits per heavy atom. The molecule has 1 atom stereocenters. The molecule has 1 aromatic carbocycles. The molecule has 0 spiro atoms. The van der Waals surface area contributed by atoms with Crippen LogP contribution >= 0.6 is 11.3 Å². The van der Waals surface area contributed by atoms with E-state index in [-0.39, 0.29) is 5.91 Å². The van der Waals surface area contributed by atoms with Gasteiger partial charge in [-0.1, -0.05) is 12.1 Å². The van der Waals surface area contributed by atoms with E-state index in [4.69, 9.17) is 4.74 Å². The molecular weight excluding hydrogens is 296 g/mol. The maximum Gasteiger partial charge on any atom is 0.261 e. The molecule has 1 amide bonds. The summed E-state index contributed by atoms with van der Waals surface area (Å²) in [6, 6.07) is 5.86. The molecule has 0 aliphatic rings. The minimum absolute atomic E-state index is 0.119. The van der Waals surface area contributed by atoms with Crippen molar-refractivity contribution in [1.82, 2.24) is 10.3 Å². The second-order valence-electron chi connectivity index (χ2n) is 5.42. The summed E-state index contributed by atoms with van der Waals surface area (Å²) >= 11 is 1.61. The highest BCUT2D eigenvalue weighted by Crippen LogP contribution is 2.22. The number of carbonyl (C=O) groups excluding carboxylic acids is 1. The Balaban J connectivity index is 1.95. The molecule has 0 radical (unpaired) electrons. The number of amides is 1. The molecule has 1 N–H and O–H groups in total. The maximum absolute atomic E-state index is 12.2. The maximum atomic E-state index is 12.2. The molecule has 0 aliphatic carbocycles. The highest BCUT2D eigenvalue weighted by molar-refractivity contribution is 7.11. The summed E-state index contributed by atoms with van der Waals surface area (Å²) in [5, 5.41) is 3.93. The number of aromatic nitrogens is 1. The lowest BCUT2D eigenvalue weighted by Gasteiger charge is -2.17. The number of benzene rings is 1. The lowest BCUT2D eigenvalue weighted by Crippen LogP contribution is -2.36. The summed E-state index contributed by atoms with van der Waals surface area (Å²) < 4.78 is 5.79. The van der Waals surface area contributed by atoms with Gasteiger partial charge in [0.1, 0.15) is 5.75 Å². The summed E-state index contributed by atoms with van der Waals surface area (Å²) in [5.74, 6) is 0.638. The predicted octanol–water partition coefficient (Wildman–Crippen LogP) is 3.46. The van der Waals surface area contributed by atoms with Crippen molar-refractivity contribution in [3.8, 4) is 5.75 Å². The Kier molecular flexibility index (Phi) is 5.19. The zero-order valence-electron chi connectivity index (χ0n) is 13.7. The second-order valence-corrected chi connectivity index (χ2v) is 6.71. The average Bonchev–Trinajstić information content (AvgIpc) is 2.79. The van der Waals surface area contributed by atoms with Gasteiger partial charge in [0.25, 0.3) is 5.91 Å². The standard InChI is InChI=1S/C17H22N2O2S/c1-10-7-6-8-15(11(10)2)21-13(4)17(20)18-9-16-12(3)19-14(5)22-16/h6-8,13H,9H2,1-5H3,(H,18,20). The smallest absolute Gasteiger partial charge is 0.261 e. The third kappa shape index (κ3) is 3.85. The summed E-state index contributed by atoms with van der Waals surface area (Å²) in [6.45, 7) is 10.2. The average molecular weight is 318 g/mol. The molecule has 0 fully saturated rings. The lowest BCUT2D eigenvalue weighted by molar-refractivity contribution is -0.127. The molecular formula is C17H22N2O2S. The number of hydrogen-bond acceptors (Lipinski definition) is 4. The molecule has 118 valence electrons. The van der Waals surface area contributed by atoms with E-state index < -0.39 is 6.10 Å². The Hall–Kier alpha value is -1.88. The Labute approximate surface area is 135 Å². The Bertz CT molecular complexity index is 679. The second kappa shape index (κ2) is 6.92. The number of thiazole rings is 1. The van der Waals surface area contributed by atoms with Crippen LogP contribution in [0.5, 0.6) is 5.75 Å². The first-order chi connectivity index (χ1) is 10.4. The van der Waals surface area contributed by atoms with E-state index in [0.717, 1.165) is 32.5 Å². The summed E-state index contributed by atoms with van der Waals surface area (Å²) in [4.78, 5) is 17.6. The summed E-state index contributed by atoms with van der Waals surface area (Å²) in [7, 11) is 0. The van der Waals surface area contributed by atoms with Crippen LogP contribution in [-0.2, 0) is 11.3 Å². The summed E-state index contributed by atoms with van der Waals surface area (Å²) in [6.07, 6.45) is -0.533. The highest BCUT2D eigenvalue weighted by Gasteiger charge is 2.16. The predicted molar refractivity (Wildman–Crippen MR) is 89.4 cm³/mol. The van der Waals surface area contributed by atoms with Crippen LogP contribution in [0.3, 0.4) is 0 Å². The number of ether oxygens (including phenoxy) is 1. The van der Waals surface area contributed by atoms with E-state index in [2.05, 4.69) is 10.3 Å². The molecule has 1 unspecified atom stereocenters. The topological polar surface area (TPSA) is 51.2 Å². The van der Waals surface area contributed by atoms with Gasteiger partial charge < -0.3 is 10.1 Å². The van der Waals surface area contributed by atoms with Gasteiger partial charge in [-0.25, -0.2) is 4.98 Å². The fraction of sp³-hybridized carbons (Fsp3) is 0.412. The van der Waals surface area contributed by atoms with Crippen LogP contribution < -0.4 is 10.1 Å². The molecule has 5 heteroatoms. The van der Waals surface area contributed by atoms with E-state index in [1.165, 1.54) is 0 Å². The van der Waals surface area contributed by atoms with Crippen molar-refractivity contribution in [3.05, 3.63) is 44.9 Å². The first-order valence-corrected chi connectivity index (χ1v) is 8.13. The SMILES string of the molecule is Cc1nc(C)c(CNC(=O)C(C)Oc2cccc(C)c2C)s1. The lowest BCUT2D eigenvalue weighted by atomic mass is 10.1. The van der Waals surface area contributed by atoms with Crippen molar-refractivity contribution in [3.63, 3.8) is 0 Å². The van der Waals surface area contributed by atoms with Gasteiger partial charge in [0.05, 0.1) is 17.2 Å². The van der Waals surface area contributed by atoms with Gasteiger partial charge in [-0.2, -0.15) is 0 Å². The summed E-state index contributed by atoms with van der Waals surface area (Å²) in [5.41, 5.74) is 3.20. The van der Waals surface area contributed by atoms with Gasteiger partial charge >= 0.3 is 0 Å². The molecule has 0 saturated heterocycles. The van der Waals surface area contributed by atoms with Crippen molar-refractivity contribution < 1.29 is 9.53 Å². The third-order valence-electron chi connectivity index (χ3n) is 3.65. The number of aryl methyl sites for hydroxylation is 3. The number of rotatable bonds is 5. The van der Waals surface area contributed by atoms with Crippen molar-refractivity contribution >= 4 is 17.2 Å². The van der Waals surface area contributed by atoms with E-state index in [1.807, 2.05) is 45.9 Å². The number of hydrogen-bond donors (Lipinski definition) is 1. The zero-order chi connectivity index (χ0) is 16.3. The first kappa shape index (κ1) is 16.5. The minimum Gasteiger partial charge on any atom is -0.481 e. The normalized spacial score (nSPS) is 12.0. The molecule has 1 aromatic heterocycles. The van der Waals surface area contributed by atoms with Gasteiger partial charge in [0, 0.05) is 4.88 Å². The molecule has 2 rings (SSSR count). The van der Waals surface area contributed by atoms with Crippen molar-refractivity contribution in [2.45, 2.75) is 47.3 Å². The van der Waals surface area contributed by atoms with Crippen molar-refractivity contribution in [2.75, 3.05) is 0 Å². The third-order valence-corrected chi connectivity index (χ3v) is 4.72. The quantitative estimate of drug-likeness (QED) is 0.918.